The summed E-state index contributed by atoms with van der Waals surface area (Å²) in [4.78, 5) is 15.0. The van der Waals surface area contributed by atoms with Crippen LogP contribution in [0.5, 0.6) is 5.75 Å². The molecule has 32 heavy (non-hydrogen) atoms. The maximum atomic E-state index is 13.0. The van der Waals surface area contributed by atoms with E-state index >= 15 is 0 Å². The van der Waals surface area contributed by atoms with E-state index in [1.54, 1.807) is 7.11 Å². The SMILES string of the molecule is COc1ccc(C2CC(=O)N(Cc3cccc4ccccc34)C2)c2c1oc1ccccc12. The molecule has 1 aliphatic heterocycles. The van der Waals surface area contributed by atoms with Gasteiger partial charge in [-0.15, -0.1) is 0 Å². The summed E-state index contributed by atoms with van der Waals surface area (Å²) in [5.74, 6) is 1.03. The number of carbonyl (C=O) groups is 1. The number of likely N-dealkylation sites (tertiary alicyclic amines) is 1. The molecule has 4 heteroatoms. The van der Waals surface area contributed by atoms with Crippen molar-refractivity contribution in [2.75, 3.05) is 13.7 Å². The Morgan fingerprint density at radius 2 is 1.72 bits per heavy atom. The first-order chi connectivity index (χ1) is 15.7. The fourth-order valence-corrected chi connectivity index (χ4v) is 5.10. The molecule has 0 saturated carbocycles. The molecule has 1 unspecified atom stereocenters. The first-order valence-electron chi connectivity index (χ1n) is 11.0. The Morgan fingerprint density at radius 3 is 2.59 bits per heavy atom. The largest absolute Gasteiger partial charge is 0.493 e. The molecule has 0 aliphatic carbocycles. The topological polar surface area (TPSA) is 42.7 Å². The molecule has 1 atom stereocenters. The Morgan fingerprint density at radius 1 is 0.938 bits per heavy atom. The van der Waals surface area contributed by atoms with Crippen molar-refractivity contribution in [3.63, 3.8) is 0 Å². The second-order valence-corrected chi connectivity index (χ2v) is 8.47. The van der Waals surface area contributed by atoms with Crippen LogP contribution in [0, 0.1) is 0 Å². The number of amides is 1. The van der Waals surface area contributed by atoms with Crippen molar-refractivity contribution < 1.29 is 13.9 Å². The van der Waals surface area contributed by atoms with Crippen molar-refractivity contribution in [3.05, 3.63) is 90.0 Å². The highest BCUT2D eigenvalue weighted by Crippen LogP contribution is 2.42. The number of carbonyl (C=O) groups excluding carboxylic acids is 1. The lowest BCUT2D eigenvalue weighted by molar-refractivity contribution is -0.128. The smallest absolute Gasteiger partial charge is 0.223 e. The Balaban J connectivity index is 1.38. The number of hydrogen-bond donors (Lipinski definition) is 0. The number of nitrogens with zero attached hydrogens (tertiary/aromatic N) is 1. The zero-order valence-corrected chi connectivity index (χ0v) is 17.9. The van der Waals surface area contributed by atoms with Gasteiger partial charge in [-0.3, -0.25) is 4.79 Å². The highest BCUT2D eigenvalue weighted by molar-refractivity contribution is 6.09. The molecule has 1 saturated heterocycles. The van der Waals surface area contributed by atoms with E-state index < -0.39 is 0 Å². The molecule has 4 aromatic carbocycles. The number of rotatable bonds is 4. The van der Waals surface area contributed by atoms with Crippen molar-refractivity contribution in [1.29, 1.82) is 0 Å². The highest BCUT2D eigenvalue weighted by Gasteiger charge is 2.33. The molecule has 0 radical (unpaired) electrons. The standard InChI is InChI=1S/C28H23NO3/c1-31-25-14-13-22(27-23-11-4-5-12-24(23)32-28(25)27)20-15-26(30)29(17-20)16-19-9-6-8-18-7-2-3-10-21(18)19/h2-14,20H,15-17H2,1H3. The van der Waals surface area contributed by atoms with E-state index in [-0.39, 0.29) is 11.8 Å². The van der Waals surface area contributed by atoms with Crippen LogP contribution < -0.4 is 4.74 Å². The van der Waals surface area contributed by atoms with E-state index in [9.17, 15) is 4.79 Å². The Kier molecular flexibility index (Phi) is 4.39. The maximum Gasteiger partial charge on any atom is 0.223 e. The summed E-state index contributed by atoms with van der Waals surface area (Å²) < 4.78 is 11.7. The molecule has 1 fully saturated rings. The van der Waals surface area contributed by atoms with Gasteiger partial charge in [-0.05, 0) is 34.0 Å². The zero-order valence-electron chi connectivity index (χ0n) is 17.9. The van der Waals surface area contributed by atoms with E-state index in [1.165, 1.54) is 16.3 Å². The molecule has 5 aromatic rings. The van der Waals surface area contributed by atoms with Crippen LogP contribution in [0.25, 0.3) is 32.7 Å². The second kappa shape index (κ2) is 7.41. The molecule has 1 aliphatic rings. The minimum Gasteiger partial charge on any atom is -0.493 e. The molecule has 4 nitrogen and oxygen atoms in total. The third kappa shape index (κ3) is 2.94. The predicted molar refractivity (Wildman–Crippen MR) is 127 cm³/mol. The molecule has 1 aromatic heterocycles. The lowest BCUT2D eigenvalue weighted by Gasteiger charge is -2.19. The fourth-order valence-electron chi connectivity index (χ4n) is 5.10. The van der Waals surface area contributed by atoms with Crippen LogP contribution in [0.2, 0.25) is 0 Å². The van der Waals surface area contributed by atoms with Crippen LogP contribution >= 0.6 is 0 Å². The molecule has 0 N–H and O–H groups in total. The average Bonchev–Trinajstić information content (AvgIpc) is 3.39. The molecule has 0 spiro atoms. The van der Waals surface area contributed by atoms with Gasteiger partial charge >= 0.3 is 0 Å². The number of fused-ring (bicyclic) bond motifs is 4. The van der Waals surface area contributed by atoms with E-state index in [0.717, 1.165) is 33.3 Å². The minimum atomic E-state index is 0.117. The quantitative estimate of drug-likeness (QED) is 0.344. The normalized spacial score (nSPS) is 16.5. The van der Waals surface area contributed by atoms with Gasteiger partial charge in [0.2, 0.25) is 5.91 Å². The van der Waals surface area contributed by atoms with Crippen LogP contribution in [0.3, 0.4) is 0 Å². The van der Waals surface area contributed by atoms with Crippen LogP contribution in [0.1, 0.15) is 23.5 Å². The van der Waals surface area contributed by atoms with Gasteiger partial charge in [-0.25, -0.2) is 0 Å². The van der Waals surface area contributed by atoms with Gasteiger partial charge < -0.3 is 14.1 Å². The van der Waals surface area contributed by atoms with Gasteiger partial charge in [0.15, 0.2) is 11.3 Å². The summed E-state index contributed by atoms with van der Waals surface area (Å²) in [5, 5.41) is 4.54. The Labute approximate surface area is 186 Å². The summed E-state index contributed by atoms with van der Waals surface area (Å²) in [6.07, 6.45) is 0.506. The number of benzene rings is 4. The van der Waals surface area contributed by atoms with Crippen LogP contribution in [-0.4, -0.2) is 24.5 Å². The lowest BCUT2D eigenvalue weighted by atomic mass is 9.93. The second-order valence-electron chi connectivity index (χ2n) is 8.47. The van der Waals surface area contributed by atoms with Gasteiger partial charge in [0.1, 0.15) is 5.58 Å². The number of furan rings is 1. The zero-order chi connectivity index (χ0) is 21.7. The molecule has 0 bridgehead atoms. The number of hydrogen-bond acceptors (Lipinski definition) is 3. The van der Waals surface area contributed by atoms with Gasteiger partial charge in [-0.1, -0.05) is 66.7 Å². The van der Waals surface area contributed by atoms with Gasteiger partial charge in [0, 0.05) is 36.2 Å². The lowest BCUT2D eigenvalue weighted by Crippen LogP contribution is -2.24. The first-order valence-corrected chi connectivity index (χ1v) is 11.0. The van der Waals surface area contributed by atoms with Crippen molar-refractivity contribution >= 4 is 38.6 Å². The molecule has 158 valence electrons. The number of para-hydroxylation sites is 1. The first kappa shape index (κ1) is 18.9. The molecule has 1 amide bonds. The van der Waals surface area contributed by atoms with Crippen LogP contribution in [0.4, 0.5) is 0 Å². The van der Waals surface area contributed by atoms with Crippen LogP contribution in [0.15, 0.2) is 83.3 Å². The van der Waals surface area contributed by atoms with Crippen molar-refractivity contribution in [2.24, 2.45) is 0 Å². The van der Waals surface area contributed by atoms with E-state index in [2.05, 4.69) is 48.5 Å². The van der Waals surface area contributed by atoms with Gasteiger partial charge in [0.05, 0.1) is 7.11 Å². The molecule has 2 heterocycles. The molecular weight excluding hydrogens is 398 g/mol. The summed E-state index contributed by atoms with van der Waals surface area (Å²) in [6.45, 7) is 1.32. The van der Waals surface area contributed by atoms with Crippen LogP contribution in [-0.2, 0) is 11.3 Å². The van der Waals surface area contributed by atoms with Crippen molar-refractivity contribution in [3.8, 4) is 5.75 Å². The fraction of sp³-hybridized carbons (Fsp3) is 0.179. The molecular formula is C28H23NO3. The summed E-state index contributed by atoms with van der Waals surface area (Å²) in [7, 11) is 1.66. The van der Waals surface area contributed by atoms with E-state index in [1.807, 2.05) is 35.2 Å². The average molecular weight is 421 g/mol. The highest BCUT2D eigenvalue weighted by atomic mass is 16.5. The predicted octanol–water partition coefficient (Wildman–Crippen LogP) is 6.26. The van der Waals surface area contributed by atoms with Gasteiger partial charge in [-0.2, -0.15) is 0 Å². The third-order valence-corrected chi connectivity index (χ3v) is 6.64. The van der Waals surface area contributed by atoms with E-state index in [0.29, 0.717) is 19.5 Å². The van der Waals surface area contributed by atoms with E-state index in [4.69, 9.17) is 9.15 Å². The monoisotopic (exact) mass is 421 g/mol. The molecule has 6 rings (SSSR count). The third-order valence-electron chi connectivity index (χ3n) is 6.64. The number of methoxy groups -OCH3 is 1. The maximum absolute atomic E-state index is 13.0. The summed E-state index contributed by atoms with van der Waals surface area (Å²) >= 11 is 0. The number of ether oxygens (including phenoxy) is 1. The summed E-state index contributed by atoms with van der Waals surface area (Å²) in [5.41, 5.74) is 3.93. The van der Waals surface area contributed by atoms with Crippen molar-refractivity contribution in [2.45, 2.75) is 18.9 Å². The Bertz CT molecular complexity index is 1480. The Hall–Kier alpha value is -3.79. The minimum absolute atomic E-state index is 0.117. The summed E-state index contributed by atoms with van der Waals surface area (Å²) in [6, 6.07) is 26.8. The van der Waals surface area contributed by atoms with Crippen molar-refractivity contribution in [1.82, 2.24) is 4.90 Å². The van der Waals surface area contributed by atoms with Gasteiger partial charge in [0.25, 0.3) is 0 Å².